The molecule has 0 saturated heterocycles. The first-order valence-corrected chi connectivity index (χ1v) is 5.72. The van der Waals surface area contributed by atoms with E-state index >= 15 is 0 Å². The maximum absolute atomic E-state index is 5.29. The fourth-order valence-corrected chi connectivity index (χ4v) is 1.65. The van der Waals surface area contributed by atoms with Crippen LogP contribution in [0.5, 0.6) is 0 Å². The van der Waals surface area contributed by atoms with E-state index < -0.39 is 0 Å². The number of benzene rings is 1. The van der Waals surface area contributed by atoms with Gasteiger partial charge in [0.1, 0.15) is 0 Å². The molecule has 0 spiro atoms. The third-order valence-corrected chi connectivity index (χ3v) is 2.53. The van der Waals surface area contributed by atoms with Crippen molar-refractivity contribution in [1.29, 1.82) is 0 Å². The molecule has 0 aliphatic heterocycles. The number of aromatic nitrogens is 1. The van der Waals surface area contributed by atoms with Crippen LogP contribution < -0.4 is 5.32 Å². The molecule has 0 amide bonds. The summed E-state index contributed by atoms with van der Waals surface area (Å²) >= 11 is 0. The Labute approximate surface area is 101 Å². The lowest BCUT2D eigenvalue weighted by Gasteiger charge is -2.06. The number of aryl methyl sites for hydroxylation is 1. The number of nitrogens with zero attached hydrogens (tertiary/aromatic N) is 1. The molecule has 0 saturated carbocycles. The lowest BCUT2D eigenvalue weighted by atomic mass is 10.1. The molecule has 17 heavy (non-hydrogen) atoms. The predicted octanol–water partition coefficient (Wildman–Crippen LogP) is 3.99. The van der Waals surface area contributed by atoms with Gasteiger partial charge in [-0.25, -0.2) is 4.98 Å². The molecule has 0 fully saturated rings. The third-order valence-electron chi connectivity index (χ3n) is 2.53. The second kappa shape index (κ2) is 5.34. The molecule has 1 heterocycles. The quantitative estimate of drug-likeness (QED) is 0.860. The molecule has 0 bridgehead atoms. The van der Waals surface area contributed by atoms with Gasteiger partial charge in [-0.2, -0.15) is 0 Å². The molecule has 1 aromatic carbocycles. The molecule has 1 aromatic heterocycles. The highest BCUT2D eigenvalue weighted by molar-refractivity contribution is 5.65. The number of hydrogen-bond donors (Lipinski definition) is 1. The molecule has 0 aliphatic carbocycles. The van der Waals surface area contributed by atoms with E-state index in [4.69, 9.17) is 4.42 Å². The fraction of sp³-hybridized carbons (Fsp3) is 0.214. The zero-order chi connectivity index (χ0) is 12.1. The molecule has 3 nitrogen and oxygen atoms in total. The van der Waals surface area contributed by atoms with Crippen LogP contribution in [0.15, 0.2) is 47.5 Å². The van der Waals surface area contributed by atoms with Crippen LogP contribution in [0, 0.1) is 6.92 Å². The van der Waals surface area contributed by atoms with Crippen LogP contribution in [-0.2, 0) is 0 Å². The van der Waals surface area contributed by atoms with Crippen LogP contribution in [0.25, 0.3) is 11.3 Å². The number of anilines is 1. The minimum Gasteiger partial charge on any atom is -0.444 e. The topological polar surface area (TPSA) is 38.1 Å². The van der Waals surface area contributed by atoms with Crippen molar-refractivity contribution in [3.63, 3.8) is 0 Å². The van der Waals surface area contributed by atoms with E-state index in [2.05, 4.69) is 36.3 Å². The first kappa shape index (κ1) is 11.5. The van der Waals surface area contributed by atoms with Crippen molar-refractivity contribution in [3.05, 3.63) is 48.6 Å². The van der Waals surface area contributed by atoms with Gasteiger partial charge in [0, 0.05) is 11.3 Å². The van der Waals surface area contributed by atoms with Crippen LogP contribution in [0.3, 0.4) is 0 Å². The molecule has 88 valence electrons. The number of allylic oxidation sites excluding steroid dienone is 1. The van der Waals surface area contributed by atoms with Crippen molar-refractivity contribution in [2.24, 2.45) is 0 Å². The second-order valence-corrected chi connectivity index (χ2v) is 3.85. The van der Waals surface area contributed by atoms with Crippen molar-refractivity contribution >= 4 is 5.69 Å². The zero-order valence-electron chi connectivity index (χ0n) is 10.1. The lowest BCUT2D eigenvalue weighted by molar-refractivity contribution is 0.571. The maximum atomic E-state index is 5.29. The van der Waals surface area contributed by atoms with Gasteiger partial charge in [0.15, 0.2) is 12.2 Å². The maximum Gasteiger partial charge on any atom is 0.181 e. The Hall–Kier alpha value is -2.03. The number of hydrogen-bond acceptors (Lipinski definition) is 3. The van der Waals surface area contributed by atoms with E-state index in [1.54, 1.807) is 6.20 Å². The van der Waals surface area contributed by atoms with Crippen LogP contribution in [0.4, 0.5) is 5.69 Å². The summed E-state index contributed by atoms with van der Waals surface area (Å²) in [6.07, 6.45) is 8.25. The van der Waals surface area contributed by atoms with Gasteiger partial charge >= 0.3 is 0 Å². The van der Waals surface area contributed by atoms with Gasteiger partial charge in [0.25, 0.3) is 0 Å². The first-order chi connectivity index (χ1) is 8.31. The Morgan fingerprint density at radius 2 is 2.29 bits per heavy atom. The Morgan fingerprint density at radius 3 is 2.94 bits per heavy atom. The molecule has 0 unspecified atom stereocenters. The Balaban J connectivity index is 2.20. The van der Waals surface area contributed by atoms with Crippen molar-refractivity contribution in [2.45, 2.75) is 20.3 Å². The van der Waals surface area contributed by atoms with E-state index in [0.29, 0.717) is 0 Å². The summed E-state index contributed by atoms with van der Waals surface area (Å²) in [7, 11) is 0. The van der Waals surface area contributed by atoms with Gasteiger partial charge in [-0.3, -0.25) is 0 Å². The number of nitrogens with one attached hydrogen (secondary N) is 1. The summed E-state index contributed by atoms with van der Waals surface area (Å²) in [5, 5.41) is 3.23. The van der Waals surface area contributed by atoms with E-state index in [0.717, 1.165) is 29.0 Å². The highest BCUT2D eigenvalue weighted by atomic mass is 16.3. The molecule has 0 aliphatic rings. The lowest BCUT2D eigenvalue weighted by Crippen LogP contribution is -1.89. The summed E-state index contributed by atoms with van der Waals surface area (Å²) < 4.78 is 5.29. The van der Waals surface area contributed by atoms with Crippen molar-refractivity contribution < 1.29 is 4.42 Å². The highest BCUT2D eigenvalue weighted by Crippen LogP contribution is 2.25. The van der Waals surface area contributed by atoms with Gasteiger partial charge in [-0.1, -0.05) is 13.0 Å². The highest BCUT2D eigenvalue weighted by Gasteiger charge is 2.05. The monoisotopic (exact) mass is 228 g/mol. The van der Waals surface area contributed by atoms with E-state index in [-0.39, 0.29) is 0 Å². The Bertz CT molecular complexity index is 501. The SMILES string of the molecule is CC/C=C/Nc1ccc(-c2cnco2)c(C)c1. The Kier molecular flexibility index (Phi) is 3.60. The first-order valence-electron chi connectivity index (χ1n) is 5.72. The van der Waals surface area contributed by atoms with Crippen LogP contribution in [0.1, 0.15) is 18.9 Å². The summed E-state index contributed by atoms with van der Waals surface area (Å²) in [6.45, 7) is 4.17. The molecule has 0 atom stereocenters. The van der Waals surface area contributed by atoms with E-state index in [1.165, 1.54) is 6.39 Å². The largest absolute Gasteiger partial charge is 0.444 e. The number of rotatable bonds is 4. The predicted molar refractivity (Wildman–Crippen MR) is 69.7 cm³/mol. The van der Waals surface area contributed by atoms with Gasteiger partial charge in [0.2, 0.25) is 0 Å². The summed E-state index contributed by atoms with van der Waals surface area (Å²) in [5.41, 5.74) is 3.32. The van der Waals surface area contributed by atoms with Crippen LogP contribution in [-0.4, -0.2) is 4.98 Å². The van der Waals surface area contributed by atoms with E-state index in [1.807, 2.05) is 18.3 Å². The van der Waals surface area contributed by atoms with Gasteiger partial charge in [0.05, 0.1) is 6.20 Å². The standard InChI is InChI=1S/C14H16N2O/c1-3-4-7-16-12-5-6-13(11(2)8-12)14-9-15-10-17-14/h4-10,16H,3H2,1-2H3/b7-4+. The molecular weight excluding hydrogens is 212 g/mol. The van der Waals surface area contributed by atoms with Crippen molar-refractivity contribution in [2.75, 3.05) is 5.32 Å². The Morgan fingerprint density at radius 1 is 1.41 bits per heavy atom. The average molecular weight is 228 g/mol. The molecule has 2 rings (SSSR count). The van der Waals surface area contributed by atoms with Crippen LogP contribution in [0.2, 0.25) is 0 Å². The summed E-state index contributed by atoms with van der Waals surface area (Å²) in [4.78, 5) is 3.93. The molecule has 3 heteroatoms. The normalized spacial score (nSPS) is 10.9. The third kappa shape index (κ3) is 2.75. The summed E-state index contributed by atoms with van der Waals surface area (Å²) in [6, 6.07) is 6.17. The molecule has 0 radical (unpaired) electrons. The second-order valence-electron chi connectivity index (χ2n) is 3.85. The number of oxazole rings is 1. The molecular formula is C14H16N2O. The molecule has 1 N–H and O–H groups in total. The smallest absolute Gasteiger partial charge is 0.181 e. The van der Waals surface area contributed by atoms with Crippen LogP contribution >= 0.6 is 0 Å². The average Bonchev–Trinajstić information content (AvgIpc) is 2.83. The van der Waals surface area contributed by atoms with E-state index in [9.17, 15) is 0 Å². The summed E-state index contributed by atoms with van der Waals surface area (Å²) in [5.74, 6) is 0.804. The van der Waals surface area contributed by atoms with Gasteiger partial charge in [-0.05, 0) is 43.3 Å². The zero-order valence-corrected chi connectivity index (χ0v) is 10.1. The van der Waals surface area contributed by atoms with Gasteiger partial charge < -0.3 is 9.73 Å². The van der Waals surface area contributed by atoms with Crippen molar-refractivity contribution in [1.82, 2.24) is 4.98 Å². The van der Waals surface area contributed by atoms with Gasteiger partial charge in [-0.15, -0.1) is 0 Å². The minimum atomic E-state index is 0.804. The fourth-order valence-electron chi connectivity index (χ4n) is 1.65. The minimum absolute atomic E-state index is 0.804. The van der Waals surface area contributed by atoms with Crippen molar-refractivity contribution in [3.8, 4) is 11.3 Å². The molecule has 2 aromatic rings.